The minimum absolute atomic E-state index is 0.00164. The van der Waals surface area contributed by atoms with E-state index < -0.39 is 0 Å². The Morgan fingerprint density at radius 3 is 2.31 bits per heavy atom. The van der Waals surface area contributed by atoms with Crippen LogP contribution in [0.1, 0.15) is 47.0 Å². The average molecular weight is 180 g/mol. The van der Waals surface area contributed by atoms with Crippen molar-refractivity contribution in [3.63, 3.8) is 0 Å². The van der Waals surface area contributed by atoms with Crippen LogP contribution in [-0.4, -0.2) is 5.78 Å². The molecule has 0 radical (unpaired) electrons. The maximum Gasteiger partial charge on any atom is 0.142 e. The van der Waals surface area contributed by atoms with Crippen molar-refractivity contribution in [2.24, 2.45) is 22.7 Å². The van der Waals surface area contributed by atoms with E-state index in [0.29, 0.717) is 17.6 Å². The van der Waals surface area contributed by atoms with Gasteiger partial charge in [0, 0.05) is 11.3 Å². The highest BCUT2D eigenvalue weighted by atomic mass is 16.1. The van der Waals surface area contributed by atoms with Gasteiger partial charge in [-0.15, -0.1) is 0 Å². The first-order valence-electron chi connectivity index (χ1n) is 5.49. The molecule has 0 aliphatic heterocycles. The average Bonchev–Trinajstić information content (AvgIpc) is 2.36. The lowest BCUT2D eigenvalue weighted by Crippen LogP contribution is -2.33. The van der Waals surface area contributed by atoms with Crippen molar-refractivity contribution in [2.45, 2.75) is 47.0 Å². The highest BCUT2D eigenvalue weighted by Crippen LogP contribution is 2.66. The zero-order valence-corrected chi connectivity index (χ0v) is 9.18. The first kappa shape index (κ1) is 9.23. The summed E-state index contributed by atoms with van der Waals surface area (Å²) in [4.78, 5) is 12.1. The van der Waals surface area contributed by atoms with Gasteiger partial charge in [0.15, 0.2) is 0 Å². The second-order valence-electron chi connectivity index (χ2n) is 5.58. The minimum atomic E-state index is -0.00164. The summed E-state index contributed by atoms with van der Waals surface area (Å²) < 4.78 is 0. The molecular weight excluding hydrogens is 160 g/mol. The van der Waals surface area contributed by atoms with Crippen molar-refractivity contribution >= 4 is 5.78 Å². The molecule has 0 amide bonds. The van der Waals surface area contributed by atoms with Crippen molar-refractivity contribution in [1.82, 2.24) is 0 Å². The smallest absolute Gasteiger partial charge is 0.142 e. The van der Waals surface area contributed by atoms with Crippen molar-refractivity contribution in [2.75, 3.05) is 0 Å². The summed E-state index contributed by atoms with van der Waals surface area (Å²) in [5.74, 6) is 1.58. The van der Waals surface area contributed by atoms with Gasteiger partial charge in [0.2, 0.25) is 0 Å². The summed E-state index contributed by atoms with van der Waals surface area (Å²) >= 11 is 0. The molecule has 2 bridgehead atoms. The summed E-state index contributed by atoms with van der Waals surface area (Å²) in [6.07, 6.45) is 3.44. The van der Waals surface area contributed by atoms with Crippen LogP contribution in [0.5, 0.6) is 0 Å². The van der Waals surface area contributed by atoms with Gasteiger partial charge in [-0.3, -0.25) is 4.79 Å². The Morgan fingerprint density at radius 2 is 2.00 bits per heavy atom. The predicted molar refractivity (Wildman–Crippen MR) is 53.4 cm³/mol. The van der Waals surface area contributed by atoms with Gasteiger partial charge in [-0.1, -0.05) is 27.7 Å². The number of hydrogen-bond donors (Lipinski definition) is 0. The van der Waals surface area contributed by atoms with Crippen LogP contribution < -0.4 is 0 Å². The molecule has 0 heterocycles. The molecule has 3 unspecified atom stereocenters. The van der Waals surface area contributed by atoms with E-state index in [1.165, 1.54) is 6.42 Å². The third-order valence-corrected chi connectivity index (χ3v) is 5.11. The second kappa shape index (κ2) is 2.37. The van der Waals surface area contributed by atoms with E-state index in [0.717, 1.165) is 12.8 Å². The SMILES string of the molecule is CCC1C(=O)C2(C)CCC1C2(C)C. The molecule has 2 aliphatic carbocycles. The van der Waals surface area contributed by atoms with Crippen LogP contribution in [0.25, 0.3) is 0 Å². The molecule has 2 fully saturated rings. The van der Waals surface area contributed by atoms with Crippen LogP contribution in [0.4, 0.5) is 0 Å². The molecule has 1 nitrogen and oxygen atoms in total. The lowest BCUT2D eigenvalue weighted by Gasteiger charge is -2.32. The Balaban J connectivity index is 2.44. The quantitative estimate of drug-likeness (QED) is 0.606. The fraction of sp³-hybridized carbons (Fsp3) is 0.917. The van der Waals surface area contributed by atoms with Crippen LogP contribution in [0.3, 0.4) is 0 Å². The number of carbonyl (C=O) groups excluding carboxylic acids is 1. The maximum atomic E-state index is 12.1. The van der Waals surface area contributed by atoms with Gasteiger partial charge in [0.25, 0.3) is 0 Å². The zero-order chi connectivity index (χ0) is 9.85. The van der Waals surface area contributed by atoms with E-state index >= 15 is 0 Å². The highest BCUT2D eigenvalue weighted by Gasteiger charge is 2.65. The third kappa shape index (κ3) is 0.812. The first-order chi connectivity index (χ1) is 5.95. The van der Waals surface area contributed by atoms with Crippen LogP contribution in [0, 0.1) is 22.7 Å². The lowest BCUT2D eigenvalue weighted by molar-refractivity contribution is -0.131. The van der Waals surface area contributed by atoms with E-state index in [1.54, 1.807) is 0 Å². The number of ketones is 1. The molecule has 2 aliphatic rings. The number of carbonyl (C=O) groups is 1. The van der Waals surface area contributed by atoms with E-state index in [-0.39, 0.29) is 10.8 Å². The number of hydrogen-bond acceptors (Lipinski definition) is 1. The maximum absolute atomic E-state index is 12.1. The molecule has 3 atom stereocenters. The summed E-state index contributed by atoms with van der Waals surface area (Å²) in [7, 11) is 0. The van der Waals surface area contributed by atoms with E-state index in [9.17, 15) is 4.79 Å². The highest BCUT2D eigenvalue weighted by molar-refractivity contribution is 5.91. The fourth-order valence-corrected chi connectivity index (χ4v) is 3.74. The second-order valence-corrected chi connectivity index (χ2v) is 5.58. The van der Waals surface area contributed by atoms with Crippen molar-refractivity contribution in [3.8, 4) is 0 Å². The van der Waals surface area contributed by atoms with Crippen LogP contribution >= 0.6 is 0 Å². The summed E-state index contributed by atoms with van der Waals surface area (Å²) in [6, 6.07) is 0. The van der Waals surface area contributed by atoms with Crippen molar-refractivity contribution in [1.29, 1.82) is 0 Å². The van der Waals surface area contributed by atoms with Crippen LogP contribution in [0.15, 0.2) is 0 Å². The molecular formula is C12H20O. The van der Waals surface area contributed by atoms with Gasteiger partial charge in [0.1, 0.15) is 5.78 Å². The topological polar surface area (TPSA) is 17.1 Å². The standard InChI is InChI=1S/C12H20O/c1-5-8-9-6-7-12(4,10(8)13)11(9,2)3/h8-9H,5-7H2,1-4H3. The monoisotopic (exact) mass is 180 g/mol. The summed E-state index contributed by atoms with van der Waals surface area (Å²) in [5.41, 5.74) is 0.253. The lowest BCUT2D eigenvalue weighted by atomic mass is 9.70. The molecule has 0 saturated heterocycles. The molecule has 2 rings (SSSR count). The molecule has 0 aromatic rings. The van der Waals surface area contributed by atoms with E-state index in [2.05, 4.69) is 27.7 Å². The molecule has 74 valence electrons. The van der Waals surface area contributed by atoms with Crippen LogP contribution in [0.2, 0.25) is 0 Å². The number of fused-ring (bicyclic) bond motifs is 2. The molecule has 0 N–H and O–H groups in total. The van der Waals surface area contributed by atoms with Gasteiger partial charge >= 0.3 is 0 Å². The van der Waals surface area contributed by atoms with Crippen molar-refractivity contribution < 1.29 is 4.79 Å². The van der Waals surface area contributed by atoms with Gasteiger partial charge in [-0.25, -0.2) is 0 Å². The normalized spacial score (nSPS) is 47.2. The van der Waals surface area contributed by atoms with Gasteiger partial charge in [-0.05, 0) is 30.6 Å². The molecule has 0 aromatic heterocycles. The Bertz CT molecular complexity index is 254. The van der Waals surface area contributed by atoms with E-state index in [1.807, 2.05) is 0 Å². The Kier molecular flexibility index (Phi) is 1.68. The molecule has 1 heteroatoms. The van der Waals surface area contributed by atoms with Crippen LogP contribution in [-0.2, 0) is 4.79 Å². The first-order valence-corrected chi connectivity index (χ1v) is 5.49. The molecule has 0 spiro atoms. The largest absolute Gasteiger partial charge is 0.299 e. The number of Topliss-reactive ketones (excluding diaryl/α,β-unsaturated/α-hetero) is 1. The third-order valence-electron chi connectivity index (χ3n) is 5.11. The minimum Gasteiger partial charge on any atom is -0.299 e. The molecule has 0 aromatic carbocycles. The zero-order valence-electron chi connectivity index (χ0n) is 9.18. The predicted octanol–water partition coefficient (Wildman–Crippen LogP) is 3.04. The molecule has 13 heavy (non-hydrogen) atoms. The van der Waals surface area contributed by atoms with Gasteiger partial charge in [0.05, 0.1) is 0 Å². The Labute approximate surface area is 80.9 Å². The van der Waals surface area contributed by atoms with Gasteiger partial charge in [-0.2, -0.15) is 0 Å². The Morgan fingerprint density at radius 1 is 1.38 bits per heavy atom. The van der Waals surface area contributed by atoms with Crippen molar-refractivity contribution in [3.05, 3.63) is 0 Å². The number of rotatable bonds is 1. The van der Waals surface area contributed by atoms with Gasteiger partial charge < -0.3 is 0 Å². The molecule has 2 saturated carbocycles. The fourth-order valence-electron chi connectivity index (χ4n) is 3.74. The Hall–Kier alpha value is -0.330. The van der Waals surface area contributed by atoms with E-state index in [4.69, 9.17) is 0 Å². The summed E-state index contributed by atoms with van der Waals surface area (Å²) in [6.45, 7) is 8.92. The summed E-state index contributed by atoms with van der Waals surface area (Å²) in [5, 5.41) is 0.